The number of hydrogen-bond donors (Lipinski definition) is 3. The van der Waals surface area contributed by atoms with E-state index in [9.17, 15) is 28.5 Å². The average Bonchev–Trinajstić information content (AvgIpc) is 3.07. The molecule has 152 valence electrons. The second kappa shape index (κ2) is 8.18. The van der Waals surface area contributed by atoms with Crippen LogP contribution in [0.15, 0.2) is 40.6 Å². The molecule has 0 spiro atoms. The van der Waals surface area contributed by atoms with Gasteiger partial charge in [0.05, 0.1) is 24.7 Å². The Morgan fingerprint density at radius 3 is 2.57 bits per heavy atom. The van der Waals surface area contributed by atoms with Crippen LogP contribution < -0.4 is 4.74 Å². The van der Waals surface area contributed by atoms with Gasteiger partial charge in [-0.3, -0.25) is 4.79 Å². The van der Waals surface area contributed by atoms with Crippen LogP contribution >= 0.6 is 11.3 Å². The highest BCUT2D eigenvalue weighted by Gasteiger charge is 2.46. The molecule has 1 aromatic heterocycles. The largest absolute Gasteiger partial charge is 0.497 e. The van der Waals surface area contributed by atoms with E-state index in [1.54, 1.807) is 11.4 Å². The molecule has 0 fully saturated rings. The van der Waals surface area contributed by atoms with E-state index in [1.165, 1.54) is 42.7 Å². The number of benzene rings is 1. The molecule has 2 heterocycles. The number of rotatable bonds is 6. The minimum Gasteiger partial charge on any atom is -0.497 e. The van der Waals surface area contributed by atoms with Crippen LogP contribution in [0.2, 0.25) is 0 Å². The Hall–Kier alpha value is -1.98. The van der Waals surface area contributed by atoms with Crippen LogP contribution in [-0.4, -0.2) is 66.4 Å². The normalized spacial score (nSPS) is 21.5. The number of fused-ring (bicyclic) bond motifs is 1. The number of thiophene rings is 1. The summed E-state index contributed by atoms with van der Waals surface area (Å²) in [4.78, 5) is 12.9. The summed E-state index contributed by atoms with van der Waals surface area (Å²) in [6.45, 7) is -0.729. The lowest BCUT2D eigenvalue weighted by atomic mass is 9.87. The predicted octanol–water partition coefficient (Wildman–Crippen LogP) is 0.894. The molecule has 0 saturated heterocycles. The molecule has 3 atom stereocenters. The van der Waals surface area contributed by atoms with Gasteiger partial charge < -0.3 is 20.1 Å². The first-order valence-electron chi connectivity index (χ1n) is 8.55. The van der Waals surface area contributed by atoms with Gasteiger partial charge in [0.2, 0.25) is 10.0 Å². The van der Waals surface area contributed by atoms with Crippen LogP contribution in [0.5, 0.6) is 5.75 Å². The summed E-state index contributed by atoms with van der Waals surface area (Å²) in [6.07, 6.45) is -1.10. The molecule has 2 aromatic rings. The summed E-state index contributed by atoms with van der Waals surface area (Å²) >= 11 is 1.37. The van der Waals surface area contributed by atoms with Crippen molar-refractivity contribution < 1.29 is 33.3 Å². The summed E-state index contributed by atoms with van der Waals surface area (Å²) in [5.41, 5.74) is 0.561. The molecule has 1 aliphatic heterocycles. The van der Waals surface area contributed by atoms with Gasteiger partial charge in [-0.2, -0.15) is 4.31 Å². The third kappa shape index (κ3) is 3.65. The molecule has 28 heavy (non-hydrogen) atoms. The first kappa shape index (κ1) is 20.7. The van der Waals surface area contributed by atoms with Crippen molar-refractivity contribution in [2.45, 2.75) is 29.4 Å². The number of carbonyl (C=O) groups is 1. The van der Waals surface area contributed by atoms with Gasteiger partial charge in [-0.05, 0) is 47.7 Å². The van der Waals surface area contributed by atoms with Gasteiger partial charge in [0.15, 0.2) is 0 Å². The van der Waals surface area contributed by atoms with E-state index < -0.39 is 40.7 Å². The van der Waals surface area contributed by atoms with Crippen molar-refractivity contribution in [2.75, 3.05) is 20.3 Å². The van der Waals surface area contributed by atoms with Gasteiger partial charge in [-0.15, -0.1) is 11.3 Å². The minimum atomic E-state index is -4.17. The molecule has 1 aromatic carbocycles. The third-order valence-corrected chi connectivity index (χ3v) is 7.76. The summed E-state index contributed by atoms with van der Waals surface area (Å²) in [5, 5.41) is 31.5. The first-order valence-corrected chi connectivity index (χ1v) is 10.9. The molecular formula is C18H21NO7S2. The number of aliphatic carboxylic acids is 1. The Bertz CT molecular complexity index is 939. The molecule has 0 saturated carbocycles. The van der Waals surface area contributed by atoms with Gasteiger partial charge in [-0.1, -0.05) is 0 Å². The predicted molar refractivity (Wildman–Crippen MR) is 102 cm³/mol. The zero-order chi connectivity index (χ0) is 20.5. The lowest BCUT2D eigenvalue weighted by molar-refractivity contribution is -0.143. The third-order valence-electron chi connectivity index (χ3n) is 4.87. The van der Waals surface area contributed by atoms with Crippen molar-refractivity contribution in [1.29, 1.82) is 0 Å². The molecule has 8 nitrogen and oxygen atoms in total. The zero-order valence-corrected chi connectivity index (χ0v) is 16.7. The smallest absolute Gasteiger partial charge is 0.322 e. The Balaban J connectivity index is 2.10. The Kier molecular flexibility index (Phi) is 6.06. The molecule has 3 rings (SSSR count). The van der Waals surface area contributed by atoms with E-state index in [2.05, 4.69) is 0 Å². The first-order chi connectivity index (χ1) is 13.3. The topological polar surface area (TPSA) is 124 Å². The summed E-state index contributed by atoms with van der Waals surface area (Å²) in [5.74, 6) is -1.99. The van der Waals surface area contributed by atoms with Crippen molar-refractivity contribution in [3.05, 3.63) is 46.2 Å². The number of carboxylic acid groups (broad SMARTS) is 1. The van der Waals surface area contributed by atoms with Gasteiger partial charge in [0, 0.05) is 17.3 Å². The lowest BCUT2D eigenvalue weighted by Gasteiger charge is -2.33. The van der Waals surface area contributed by atoms with Crippen molar-refractivity contribution in [3.8, 4) is 5.75 Å². The van der Waals surface area contributed by atoms with Crippen LogP contribution in [0.1, 0.15) is 16.4 Å². The van der Waals surface area contributed by atoms with Crippen LogP contribution in [0.25, 0.3) is 0 Å². The average molecular weight is 428 g/mol. The summed E-state index contributed by atoms with van der Waals surface area (Å²) in [7, 11) is -2.71. The maximum atomic E-state index is 13.3. The number of carboxylic acids is 1. The number of nitrogens with zero attached hydrogens (tertiary/aromatic N) is 1. The number of hydrogen-bond acceptors (Lipinski definition) is 7. The molecule has 1 aliphatic rings. The second-order valence-corrected chi connectivity index (χ2v) is 9.29. The van der Waals surface area contributed by atoms with E-state index in [0.717, 1.165) is 9.18 Å². The molecule has 0 radical (unpaired) electrons. The van der Waals surface area contributed by atoms with Crippen molar-refractivity contribution in [3.63, 3.8) is 0 Å². The SMILES string of the molecule is COc1ccc(S(=O)(=O)N2CCc3sccc3[C@H](C(O)CO)[C@@H]2C(=O)O)cc1. The molecule has 3 N–H and O–H groups in total. The minimum absolute atomic E-state index is 0.0481. The van der Waals surface area contributed by atoms with Crippen LogP contribution in [0, 0.1) is 0 Å². The van der Waals surface area contributed by atoms with Crippen molar-refractivity contribution in [2.24, 2.45) is 0 Å². The van der Waals surface area contributed by atoms with Gasteiger partial charge >= 0.3 is 5.97 Å². The monoisotopic (exact) mass is 427 g/mol. The number of sulfonamides is 1. The van der Waals surface area contributed by atoms with Gasteiger partial charge in [-0.25, -0.2) is 8.42 Å². The Morgan fingerprint density at radius 1 is 1.32 bits per heavy atom. The molecule has 0 aliphatic carbocycles. The van der Waals surface area contributed by atoms with Crippen LogP contribution in [0.3, 0.4) is 0 Å². The fraction of sp³-hybridized carbons (Fsp3) is 0.389. The van der Waals surface area contributed by atoms with E-state index in [4.69, 9.17) is 4.74 Å². The Labute approximate surface area is 166 Å². The second-order valence-electron chi connectivity index (χ2n) is 6.40. The fourth-order valence-corrected chi connectivity index (χ4v) is 6.04. The summed E-state index contributed by atoms with van der Waals surface area (Å²) in [6, 6.07) is 5.80. The van der Waals surface area contributed by atoms with E-state index in [0.29, 0.717) is 17.7 Å². The van der Waals surface area contributed by atoms with Crippen LogP contribution in [-0.2, 0) is 21.2 Å². The molecule has 1 unspecified atom stereocenters. The quantitative estimate of drug-likeness (QED) is 0.625. The number of ether oxygens (including phenoxy) is 1. The van der Waals surface area contributed by atoms with E-state index >= 15 is 0 Å². The van der Waals surface area contributed by atoms with E-state index in [-0.39, 0.29) is 11.4 Å². The Morgan fingerprint density at radius 2 is 2.00 bits per heavy atom. The van der Waals surface area contributed by atoms with Gasteiger partial charge in [0.1, 0.15) is 11.8 Å². The van der Waals surface area contributed by atoms with Gasteiger partial charge in [0.25, 0.3) is 0 Å². The highest BCUT2D eigenvalue weighted by atomic mass is 32.2. The number of aliphatic hydroxyl groups is 2. The van der Waals surface area contributed by atoms with Crippen LogP contribution in [0.4, 0.5) is 0 Å². The lowest BCUT2D eigenvalue weighted by Crippen LogP contribution is -2.51. The highest BCUT2D eigenvalue weighted by molar-refractivity contribution is 7.89. The standard InChI is InChI=1S/C18H21NO7S2/c1-26-11-2-4-12(5-3-11)28(24,25)19-8-6-15-13(7-9-27-15)16(14(21)10-20)17(19)18(22)23/h2-5,7,9,14,16-17,20-21H,6,8,10H2,1H3,(H,22,23)/t14?,16-,17-/m1/s1. The molecular weight excluding hydrogens is 406 g/mol. The maximum Gasteiger partial charge on any atom is 0.322 e. The maximum absolute atomic E-state index is 13.3. The summed E-state index contributed by atoms with van der Waals surface area (Å²) < 4.78 is 32.5. The molecule has 0 amide bonds. The van der Waals surface area contributed by atoms with Crippen molar-refractivity contribution >= 4 is 27.3 Å². The molecule has 0 bridgehead atoms. The number of aliphatic hydroxyl groups excluding tert-OH is 2. The highest BCUT2D eigenvalue weighted by Crippen LogP contribution is 2.38. The van der Waals surface area contributed by atoms with Crippen molar-refractivity contribution in [1.82, 2.24) is 4.31 Å². The van der Waals surface area contributed by atoms with E-state index in [1.807, 2.05) is 0 Å². The zero-order valence-electron chi connectivity index (χ0n) is 15.1. The molecule has 10 heteroatoms. The fourth-order valence-electron chi connectivity index (χ4n) is 3.51. The number of methoxy groups -OCH3 is 1.